The number of hydrogen-bond donors (Lipinski definition) is 1. The third kappa shape index (κ3) is 2.55. The van der Waals surface area contributed by atoms with E-state index in [4.69, 9.17) is 10.5 Å². The van der Waals surface area contributed by atoms with Crippen LogP contribution >= 0.6 is 0 Å². The van der Waals surface area contributed by atoms with Gasteiger partial charge in [0.25, 0.3) is 0 Å². The van der Waals surface area contributed by atoms with Gasteiger partial charge in [0.2, 0.25) is 5.91 Å². The number of amides is 1. The highest BCUT2D eigenvalue weighted by Gasteiger charge is 2.17. The van der Waals surface area contributed by atoms with Crippen molar-refractivity contribution in [3.63, 3.8) is 0 Å². The molecule has 1 aromatic heterocycles. The first-order chi connectivity index (χ1) is 7.06. The highest BCUT2D eigenvalue weighted by atomic mass is 16.5. The van der Waals surface area contributed by atoms with E-state index < -0.39 is 11.9 Å². The van der Waals surface area contributed by atoms with Crippen molar-refractivity contribution in [3.05, 3.63) is 17.5 Å². The fourth-order valence-electron chi connectivity index (χ4n) is 1.21. The van der Waals surface area contributed by atoms with Crippen LogP contribution < -0.4 is 5.73 Å². The van der Waals surface area contributed by atoms with Gasteiger partial charge in [-0.2, -0.15) is 5.10 Å². The molecule has 6 heteroatoms. The second kappa shape index (κ2) is 4.59. The van der Waals surface area contributed by atoms with Gasteiger partial charge in [-0.05, 0) is 13.8 Å². The highest BCUT2D eigenvalue weighted by Crippen LogP contribution is 2.08. The first-order valence-corrected chi connectivity index (χ1v) is 4.54. The number of aryl methyl sites for hydroxylation is 1. The molecule has 0 atom stereocenters. The Morgan fingerprint density at radius 2 is 2.27 bits per heavy atom. The van der Waals surface area contributed by atoms with Crippen LogP contribution in [0.5, 0.6) is 0 Å². The zero-order valence-corrected chi connectivity index (χ0v) is 8.69. The van der Waals surface area contributed by atoms with E-state index >= 15 is 0 Å². The van der Waals surface area contributed by atoms with Gasteiger partial charge in [0.1, 0.15) is 12.2 Å². The molecule has 0 radical (unpaired) electrons. The zero-order valence-electron chi connectivity index (χ0n) is 8.69. The first-order valence-electron chi connectivity index (χ1n) is 4.54. The van der Waals surface area contributed by atoms with Gasteiger partial charge in [-0.1, -0.05) is 0 Å². The summed E-state index contributed by atoms with van der Waals surface area (Å²) in [6.07, 6.45) is 1.50. The van der Waals surface area contributed by atoms with Crippen molar-refractivity contribution in [2.24, 2.45) is 5.73 Å². The van der Waals surface area contributed by atoms with Gasteiger partial charge in [0.05, 0.1) is 12.8 Å². The van der Waals surface area contributed by atoms with E-state index in [2.05, 4.69) is 5.10 Å². The number of primary amides is 1. The molecular weight excluding hydrogens is 198 g/mol. The molecule has 0 fully saturated rings. The van der Waals surface area contributed by atoms with E-state index in [1.165, 1.54) is 10.9 Å². The maximum absolute atomic E-state index is 11.5. The van der Waals surface area contributed by atoms with Crippen LogP contribution in [0.15, 0.2) is 6.20 Å². The summed E-state index contributed by atoms with van der Waals surface area (Å²) in [5.74, 6) is -1.04. The summed E-state index contributed by atoms with van der Waals surface area (Å²) >= 11 is 0. The lowest BCUT2D eigenvalue weighted by atomic mass is 10.3. The van der Waals surface area contributed by atoms with Gasteiger partial charge < -0.3 is 10.5 Å². The first kappa shape index (κ1) is 11.2. The Balaban J connectivity index is 2.98. The minimum absolute atomic E-state index is 0.123. The smallest absolute Gasteiger partial charge is 0.356 e. The van der Waals surface area contributed by atoms with E-state index in [9.17, 15) is 9.59 Å². The molecule has 0 bridgehead atoms. The second-order valence-electron chi connectivity index (χ2n) is 3.02. The van der Waals surface area contributed by atoms with Crippen LogP contribution in [0.1, 0.15) is 23.0 Å². The Hall–Kier alpha value is -1.85. The molecule has 2 N–H and O–H groups in total. The molecule has 0 aliphatic carbocycles. The van der Waals surface area contributed by atoms with E-state index in [0.29, 0.717) is 5.56 Å². The number of nitrogens with two attached hydrogens (primary N) is 1. The minimum atomic E-state index is -0.552. The van der Waals surface area contributed by atoms with Gasteiger partial charge in [-0.15, -0.1) is 0 Å². The standard InChI is InChI=1S/C9H13N3O3/c1-3-15-9(14)8-6(2)4-11-12(8)5-7(10)13/h4H,3,5H2,1-2H3,(H2,10,13). The number of rotatable bonds is 4. The van der Waals surface area contributed by atoms with Gasteiger partial charge in [-0.25, -0.2) is 9.48 Å². The van der Waals surface area contributed by atoms with Gasteiger partial charge >= 0.3 is 5.97 Å². The Morgan fingerprint density at radius 3 is 2.80 bits per heavy atom. The number of nitrogens with zero attached hydrogens (tertiary/aromatic N) is 2. The third-order valence-electron chi connectivity index (χ3n) is 1.80. The Morgan fingerprint density at radius 1 is 1.60 bits per heavy atom. The molecule has 0 aliphatic rings. The van der Waals surface area contributed by atoms with Crippen LogP contribution in [0.25, 0.3) is 0 Å². The predicted molar refractivity (Wildman–Crippen MR) is 52.1 cm³/mol. The molecule has 15 heavy (non-hydrogen) atoms. The fraction of sp³-hybridized carbons (Fsp3) is 0.444. The van der Waals surface area contributed by atoms with E-state index in [1.54, 1.807) is 13.8 Å². The molecule has 1 amide bonds. The Bertz CT molecular complexity index is 384. The van der Waals surface area contributed by atoms with Gasteiger partial charge in [0.15, 0.2) is 0 Å². The average molecular weight is 211 g/mol. The van der Waals surface area contributed by atoms with Gasteiger partial charge in [-0.3, -0.25) is 4.79 Å². The monoisotopic (exact) mass is 211 g/mol. The topological polar surface area (TPSA) is 87.2 Å². The summed E-state index contributed by atoms with van der Waals surface area (Å²) in [7, 11) is 0. The molecule has 0 aromatic carbocycles. The lowest BCUT2D eigenvalue weighted by Gasteiger charge is -2.05. The van der Waals surface area contributed by atoms with Crippen LogP contribution in [0, 0.1) is 6.92 Å². The summed E-state index contributed by atoms with van der Waals surface area (Å²) in [4.78, 5) is 22.2. The van der Waals surface area contributed by atoms with Crippen molar-refractivity contribution >= 4 is 11.9 Å². The van der Waals surface area contributed by atoms with Crippen molar-refractivity contribution in [1.29, 1.82) is 0 Å². The summed E-state index contributed by atoms with van der Waals surface area (Å²) in [5.41, 5.74) is 5.96. The number of ether oxygens (including phenoxy) is 1. The van der Waals surface area contributed by atoms with Crippen molar-refractivity contribution < 1.29 is 14.3 Å². The third-order valence-corrected chi connectivity index (χ3v) is 1.80. The maximum Gasteiger partial charge on any atom is 0.356 e. The molecule has 0 aliphatic heterocycles. The Kier molecular flexibility index (Phi) is 3.43. The minimum Gasteiger partial charge on any atom is -0.461 e. The number of esters is 1. The molecule has 1 aromatic rings. The second-order valence-corrected chi connectivity index (χ2v) is 3.02. The van der Waals surface area contributed by atoms with Crippen LogP contribution in [-0.2, 0) is 16.1 Å². The molecule has 0 saturated heterocycles. The summed E-state index contributed by atoms with van der Waals surface area (Å²) < 4.78 is 6.08. The maximum atomic E-state index is 11.5. The van der Waals surface area contributed by atoms with Crippen LogP contribution in [-0.4, -0.2) is 28.3 Å². The number of carbonyl (C=O) groups excluding carboxylic acids is 2. The highest BCUT2D eigenvalue weighted by molar-refractivity contribution is 5.89. The van der Waals surface area contributed by atoms with Crippen molar-refractivity contribution in [2.75, 3.05) is 6.61 Å². The molecule has 82 valence electrons. The molecule has 0 saturated carbocycles. The molecule has 1 rings (SSSR count). The molecule has 1 heterocycles. The van der Waals surface area contributed by atoms with Gasteiger partial charge in [0, 0.05) is 5.56 Å². The van der Waals surface area contributed by atoms with E-state index in [-0.39, 0.29) is 18.8 Å². The fourth-order valence-corrected chi connectivity index (χ4v) is 1.21. The van der Waals surface area contributed by atoms with Crippen LogP contribution in [0.2, 0.25) is 0 Å². The zero-order chi connectivity index (χ0) is 11.4. The lowest BCUT2D eigenvalue weighted by Crippen LogP contribution is -2.23. The SMILES string of the molecule is CCOC(=O)c1c(C)cnn1CC(N)=O. The molecule has 0 unspecified atom stereocenters. The van der Waals surface area contributed by atoms with Crippen molar-refractivity contribution in [2.45, 2.75) is 20.4 Å². The van der Waals surface area contributed by atoms with E-state index in [1.807, 2.05) is 0 Å². The van der Waals surface area contributed by atoms with Crippen molar-refractivity contribution in [3.8, 4) is 0 Å². The average Bonchev–Trinajstić information content (AvgIpc) is 2.46. The largest absolute Gasteiger partial charge is 0.461 e. The summed E-state index contributed by atoms with van der Waals surface area (Å²) in [6, 6.07) is 0. The lowest BCUT2D eigenvalue weighted by molar-refractivity contribution is -0.118. The number of hydrogen-bond acceptors (Lipinski definition) is 4. The molecular formula is C9H13N3O3. The number of aromatic nitrogens is 2. The normalized spacial score (nSPS) is 10.0. The van der Waals surface area contributed by atoms with E-state index in [0.717, 1.165) is 0 Å². The summed E-state index contributed by atoms with van der Waals surface area (Å²) in [5, 5.41) is 3.87. The quantitative estimate of drug-likeness (QED) is 0.702. The Labute approximate surface area is 87.0 Å². The molecule has 0 spiro atoms. The molecule has 6 nitrogen and oxygen atoms in total. The predicted octanol–water partition coefficient (Wildman–Crippen LogP) is -0.146. The number of carbonyl (C=O) groups is 2. The van der Waals surface area contributed by atoms with Crippen LogP contribution in [0.4, 0.5) is 0 Å². The summed E-state index contributed by atoms with van der Waals surface area (Å²) in [6.45, 7) is 3.58. The van der Waals surface area contributed by atoms with Crippen molar-refractivity contribution in [1.82, 2.24) is 9.78 Å². The van der Waals surface area contributed by atoms with Crippen LogP contribution in [0.3, 0.4) is 0 Å².